The SMILES string of the molecule is Cc1cc(C(=O)N2CCC(C)CC2)ccc1NC(=O)C(C)C1CNC1.Cl. The Bertz CT molecular complexity index is 652. The zero-order chi connectivity index (χ0) is 18.0. The van der Waals surface area contributed by atoms with Crippen LogP contribution in [-0.4, -0.2) is 42.9 Å². The predicted octanol–water partition coefficient (Wildman–Crippen LogP) is 3.08. The van der Waals surface area contributed by atoms with Gasteiger partial charge in [-0.2, -0.15) is 0 Å². The summed E-state index contributed by atoms with van der Waals surface area (Å²) >= 11 is 0. The Morgan fingerprint density at radius 3 is 2.42 bits per heavy atom. The standard InChI is InChI=1S/C20H29N3O2.ClH/c1-13-6-8-23(9-7-13)20(25)16-4-5-18(14(2)10-16)22-19(24)15(3)17-11-21-12-17;/h4-5,10,13,15,17,21H,6-9,11-12H2,1-3H3,(H,22,24);1H. The Hall–Kier alpha value is -1.59. The molecule has 2 fully saturated rings. The van der Waals surface area contributed by atoms with Crippen LogP contribution in [0.4, 0.5) is 5.69 Å². The third-order valence-corrected chi connectivity index (χ3v) is 5.74. The van der Waals surface area contributed by atoms with Crippen molar-refractivity contribution in [2.75, 3.05) is 31.5 Å². The number of carbonyl (C=O) groups excluding carboxylic acids is 2. The fraction of sp³-hybridized carbons (Fsp3) is 0.600. The van der Waals surface area contributed by atoms with Gasteiger partial charge >= 0.3 is 0 Å². The molecule has 0 aliphatic carbocycles. The van der Waals surface area contributed by atoms with Crippen molar-refractivity contribution >= 4 is 29.9 Å². The Morgan fingerprint density at radius 2 is 1.88 bits per heavy atom. The number of nitrogens with one attached hydrogen (secondary N) is 2. The molecule has 5 nitrogen and oxygen atoms in total. The number of carbonyl (C=O) groups is 2. The van der Waals surface area contributed by atoms with Crippen molar-refractivity contribution < 1.29 is 9.59 Å². The van der Waals surface area contributed by atoms with Gasteiger partial charge in [0, 0.05) is 30.3 Å². The first-order valence-electron chi connectivity index (χ1n) is 9.37. The highest BCUT2D eigenvalue weighted by molar-refractivity contribution is 5.97. The lowest BCUT2D eigenvalue weighted by Crippen LogP contribution is -2.48. The summed E-state index contributed by atoms with van der Waals surface area (Å²) in [7, 11) is 0. The lowest BCUT2D eigenvalue weighted by Gasteiger charge is -2.32. The molecule has 144 valence electrons. The van der Waals surface area contributed by atoms with E-state index in [1.54, 1.807) is 0 Å². The van der Waals surface area contributed by atoms with Gasteiger partial charge in [0.2, 0.25) is 5.91 Å². The third kappa shape index (κ3) is 4.57. The molecule has 2 amide bonds. The largest absolute Gasteiger partial charge is 0.339 e. The molecule has 6 heteroatoms. The van der Waals surface area contributed by atoms with Crippen molar-refractivity contribution in [3.05, 3.63) is 29.3 Å². The van der Waals surface area contributed by atoms with E-state index in [-0.39, 0.29) is 30.1 Å². The van der Waals surface area contributed by atoms with Gasteiger partial charge < -0.3 is 15.5 Å². The monoisotopic (exact) mass is 379 g/mol. The molecule has 1 unspecified atom stereocenters. The third-order valence-electron chi connectivity index (χ3n) is 5.74. The average molecular weight is 380 g/mol. The van der Waals surface area contributed by atoms with Gasteiger partial charge in [-0.15, -0.1) is 12.4 Å². The highest BCUT2D eigenvalue weighted by atomic mass is 35.5. The summed E-state index contributed by atoms with van der Waals surface area (Å²) in [5, 5.41) is 6.22. The number of piperidine rings is 1. The summed E-state index contributed by atoms with van der Waals surface area (Å²) in [6.45, 7) is 9.66. The number of anilines is 1. The van der Waals surface area contributed by atoms with Crippen molar-refractivity contribution in [3.8, 4) is 0 Å². The van der Waals surface area contributed by atoms with E-state index in [2.05, 4.69) is 17.6 Å². The molecule has 1 atom stereocenters. The molecule has 2 aliphatic rings. The minimum absolute atomic E-state index is 0. The predicted molar refractivity (Wildman–Crippen MR) is 107 cm³/mol. The molecule has 0 aromatic heterocycles. The fourth-order valence-electron chi connectivity index (χ4n) is 3.46. The second-order valence-corrected chi connectivity index (χ2v) is 7.70. The molecule has 3 rings (SSSR count). The Balaban J connectivity index is 0.00000243. The van der Waals surface area contributed by atoms with E-state index in [1.807, 2.05) is 36.9 Å². The molecule has 2 saturated heterocycles. The fourth-order valence-corrected chi connectivity index (χ4v) is 3.46. The number of nitrogens with zero attached hydrogens (tertiary/aromatic N) is 1. The van der Waals surface area contributed by atoms with Gasteiger partial charge in [-0.05, 0) is 68.5 Å². The van der Waals surface area contributed by atoms with Crippen LogP contribution < -0.4 is 10.6 Å². The van der Waals surface area contributed by atoms with Gasteiger partial charge in [0.1, 0.15) is 0 Å². The number of hydrogen-bond acceptors (Lipinski definition) is 3. The second kappa shape index (κ2) is 8.87. The normalized spacial score (nSPS) is 19.3. The summed E-state index contributed by atoms with van der Waals surface area (Å²) in [6.07, 6.45) is 2.15. The van der Waals surface area contributed by atoms with Crippen LogP contribution in [0.2, 0.25) is 0 Å². The number of halogens is 1. The molecule has 2 heterocycles. The van der Waals surface area contributed by atoms with E-state index >= 15 is 0 Å². The van der Waals surface area contributed by atoms with E-state index in [9.17, 15) is 9.59 Å². The summed E-state index contributed by atoms with van der Waals surface area (Å²) in [5.74, 6) is 1.27. The number of amides is 2. The maximum absolute atomic E-state index is 12.7. The van der Waals surface area contributed by atoms with Crippen LogP contribution in [0, 0.1) is 24.7 Å². The molecular weight excluding hydrogens is 350 g/mol. The summed E-state index contributed by atoms with van der Waals surface area (Å²) in [5.41, 5.74) is 2.44. The molecule has 1 aromatic carbocycles. The van der Waals surface area contributed by atoms with E-state index < -0.39 is 0 Å². The van der Waals surface area contributed by atoms with Crippen molar-refractivity contribution in [2.45, 2.75) is 33.6 Å². The van der Waals surface area contributed by atoms with Crippen molar-refractivity contribution in [1.29, 1.82) is 0 Å². The van der Waals surface area contributed by atoms with Gasteiger partial charge in [0.05, 0.1) is 0 Å². The number of likely N-dealkylation sites (tertiary alicyclic amines) is 1. The van der Waals surface area contributed by atoms with Crippen LogP contribution in [0.15, 0.2) is 18.2 Å². The van der Waals surface area contributed by atoms with Crippen LogP contribution in [0.25, 0.3) is 0 Å². The molecule has 0 saturated carbocycles. The van der Waals surface area contributed by atoms with Crippen LogP contribution in [0.5, 0.6) is 0 Å². The summed E-state index contributed by atoms with van der Waals surface area (Å²) < 4.78 is 0. The zero-order valence-electron chi connectivity index (χ0n) is 15.9. The molecule has 2 N–H and O–H groups in total. The first-order valence-corrected chi connectivity index (χ1v) is 9.37. The molecule has 0 radical (unpaired) electrons. The zero-order valence-corrected chi connectivity index (χ0v) is 16.7. The molecule has 26 heavy (non-hydrogen) atoms. The van der Waals surface area contributed by atoms with Gasteiger partial charge in [-0.3, -0.25) is 9.59 Å². The van der Waals surface area contributed by atoms with Crippen molar-refractivity contribution in [1.82, 2.24) is 10.2 Å². The van der Waals surface area contributed by atoms with Gasteiger partial charge in [-0.1, -0.05) is 13.8 Å². The Labute approximate surface area is 162 Å². The van der Waals surface area contributed by atoms with E-state index in [4.69, 9.17) is 0 Å². The first kappa shape index (κ1) is 20.7. The lowest BCUT2D eigenvalue weighted by molar-refractivity contribution is -0.121. The van der Waals surface area contributed by atoms with Gasteiger partial charge in [0.15, 0.2) is 0 Å². The quantitative estimate of drug-likeness (QED) is 0.845. The van der Waals surface area contributed by atoms with Crippen LogP contribution in [-0.2, 0) is 4.79 Å². The smallest absolute Gasteiger partial charge is 0.253 e. The van der Waals surface area contributed by atoms with Gasteiger partial charge in [-0.25, -0.2) is 0 Å². The maximum atomic E-state index is 12.7. The van der Waals surface area contributed by atoms with Crippen molar-refractivity contribution in [2.24, 2.45) is 17.8 Å². The lowest BCUT2D eigenvalue weighted by atomic mass is 9.88. The number of benzene rings is 1. The van der Waals surface area contributed by atoms with E-state index in [0.717, 1.165) is 50.3 Å². The molecule has 0 bridgehead atoms. The number of aryl methyl sites for hydroxylation is 1. The van der Waals surface area contributed by atoms with E-state index in [1.165, 1.54) is 0 Å². The second-order valence-electron chi connectivity index (χ2n) is 7.70. The Morgan fingerprint density at radius 1 is 1.23 bits per heavy atom. The van der Waals surface area contributed by atoms with Crippen LogP contribution in [0.1, 0.15) is 42.6 Å². The summed E-state index contributed by atoms with van der Waals surface area (Å²) in [4.78, 5) is 27.0. The molecule has 2 aliphatic heterocycles. The first-order chi connectivity index (χ1) is 12.0. The van der Waals surface area contributed by atoms with E-state index in [0.29, 0.717) is 17.4 Å². The van der Waals surface area contributed by atoms with Crippen LogP contribution >= 0.6 is 12.4 Å². The van der Waals surface area contributed by atoms with Crippen molar-refractivity contribution in [3.63, 3.8) is 0 Å². The maximum Gasteiger partial charge on any atom is 0.253 e. The van der Waals surface area contributed by atoms with Gasteiger partial charge in [0.25, 0.3) is 5.91 Å². The minimum atomic E-state index is -0.00250. The molecule has 0 spiro atoms. The van der Waals surface area contributed by atoms with Crippen LogP contribution in [0.3, 0.4) is 0 Å². The summed E-state index contributed by atoms with van der Waals surface area (Å²) in [6, 6.07) is 5.59. The molecule has 1 aromatic rings. The highest BCUT2D eigenvalue weighted by Gasteiger charge is 2.29. The number of hydrogen-bond donors (Lipinski definition) is 2. The number of rotatable bonds is 4. The highest BCUT2D eigenvalue weighted by Crippen LogP contribution is 2.23. The topological polar surface area (TPSA) is 61.4 Å². The Kier molecular flexibility index (Phi) is 7.07. The average Bonchev–Trinajstić information content (AvgIpc) is 2.55. The minimum Gasteiger partial charge on any atom is -0.339 e. The molecular formula is C20H30ClN3O2.